The van der Waals surface area contributed by atoms with Gasteiger partial charge in [0.25, 0.3) is 0 Å². The van der Waals surface area contributed by atoms with Gasteiger partial charge in [-0.2, -0.15) is 0 Å². The first-order chi connectivity index (χ1) is 11.1. The zero-order valence-electron chi connectivity index (χ0n) is 13.6. The molecule has 2 rings (SSSR count). The van der Waals surface area contributed by atoms with Crippen LogP contribution in [-0.2, 0) is 9.53 Å². The van der Waals surface area contributed by atoms with E-state index in [1.54, 1.807) is 26.8 Å². The predicted molar refractivity (Wildman–Crippen MR) is 87.5 cm³/mol. The van der Waals surface area contributed by atoms with Crippen LogP contribution in [0.4, 0.5) is 9.18 Å². The number of benzene rings is 1. The summed E-state index contributed by atoms with van der Waals surface area (Å²) in [5.41, 5.74) is -0.739. The van der Waals surface area contributed by atoms with Crippen molar-refractivity contribution < 1.29 is 28.6 Å². The van der Waals surface area contributed by atoms with Crippen molar-refractivity contribution >= 4 is 28.0 Å². The number of nitrogens with zero attached hydrogens (tertiary/aromatic N) is 1. The third-order valence-electron chi connectivity index (χ3n) is 3.36. The van der Waals surface area contributed by atoms with Gasteiger partial charge in [-0.05, 0) is 39.0 Å². The Bertz CT molecular complexity index is 646. The summed E-state index contributed by atoms with van der Waals surface area (Å²) >= 11 is 3.15. The molecule has 1 fully saturated rings. The molecule has 1 aromatic rings. The lowest BCUT2D eigenvalue weighted by Gasteiger charge is -2.26. The molecule has 0 bridgehead atoms. The van der Waals surface area contributed by atoms with E-state index < -0.39 is 35.6 Å². The molecule has 0 saturated carbocycles. The van der Waals surface area contributed by atoms with Crippen molar-refractivity contribution in [3.8, 4) is 5.75 Å². The summed E-state index contributed by atoms with van der Waals surface area (Å²) in [6.07, 6.45) is -1.30. The van der Waals surface area contributed by atoms with Gasteiger partial charge in [0.1, 0.15) is 17.7 Å². The Morgan fingerprint density at radius 2 is 2.04 bits per heavy atom. The third kappa shape index (κ3) is 4.59. The molecule has 1 heterocycles. The Balaban J connectivity index is 2.11. The Morgan fingerprint density at radius 1 is 1.38 bits per heavy atom. The van der Waals surface area contributed by atoms with Gasteiger partial charge >= 0.3 is 12.1 Å². The van der Waals surface area contributed by atoms with Gasteiger partial charge in [0.15, 0.2) is 11.6 Å². The Labute approximate surface area is 147 Å². The van der Waals surface area contributed by atoms with Crippen LogP contribution in [0.1, 0.15) is 27.2 Å². The highest BCUT2D eigenvalue weighted by atomic mass is 79.9. The number of hydrogen-bond donors (Lipinski definition) is 1. The maximum atomic E-state index is 13.9. The molecule has 1 aliphatic heterocycles. The number of aliphatic carboxylic acids is 1. The number of likely N-dealkylation sites (tertiary alicyclic amines) is 1. The van der Waals surface area contributed by atoms with Crippen LogP contribution in [0.2, 0.25) is 0 Å². The highest BCUT2D eigenvalue weighted by Crippen LogP contribution is 2.28. The summed E-state index contributed by atoms with van der Waals surface area (Å²) in [5, 5.41) is 9.32. The van der Waals surface area contributed by atoms with E-state index >= 15 is 0 Å². The fourth-order valence-corrected chi connectivity index (χ4v) is 2.72. The average molecular weight is 404 g/mol. The number of carbonyl (C=O) groups is 2. The van der Waals surface area contributed by atoms with Gasteiger partial charge in [-0.3, -0.25) is 4.90 Å². The number of carboxylic acids is 1. The topological polar surface area (TPSA) is 76.1 Å². The fraction of sp³-hybridized carbons (Fsp3) is 0.500. The minimum Gasteiger partial charge on any atom is -0.485 e. The van der Waals surface area contributed by atoms with Crippen molar-refractivity contribution in [2.45, 2.75) is 44.9 Å². The second kappa shape index (κ2) is 6.96. The molecule has 0 aromatic heterocycles. The van der Waals surface area contributed by atoms with E-state index in [1.807, 2.05) is 0 Å². The van der Waals surface area contributed by atoms with E-state index in [2.05, 4.69) is 15.9 Å². The molecular weight excluding hydrogens is 385 g/mol. The largest absolute Gasteiger partial charge is 0.485 e. The Hall–Kier alpha value is -1.83. The van der Waals surface area contributed by atoms with Crippen molar-refractivity contribution in [3.05, 3.63) is 28.5 Å². The van der Waals surface area contributed by atoms with Gasteiger partial charge in [0.05, 0.1) is 6.54 Å². The Morgan fingerprint density at radius 3 is 2.58 bits per heavy atom. The van der Waals surface area contributed by atoms with E-state index in [4.69, 9.17) is 9.47 Å². The molecule has 0 aliphatic carbocycles. The number of hydrogen-bond acceptors (Lipinski definition) is 4. The lowest BCUT2D eigenvalue weighted by Crippen LogP contribution is -2.43. The van der Waals surface area contributed by atoms with Crippen LogP contribution < -0.4 is 4.74 Å². The first-order valence-corrected chi connectivity index (χ1v) is 8.20. The molecule has 1 N–H and O–H groups in total. The van der Waals surface area contributed by atoms with Crippen molar-refractivity contribution in [2.75, 3.05) is 6.54 Å². The number of rotatable bonds is 3. The van der Waals surface area contributed by atoms with Crippen molar-refractivity contribution in [2.24, 2.45) is 0 Å². The normalized spacial score (nSPS) is 20.8. The molecule has 2 atom stereocenters. The van der Waals surface area contributed by atoms with Crippen LogP contribution in [0.25, 0.3) is 0 Å². The van der Waals surface area contributed by atoms with E-state index in [0.717, 1.165) is 4.90 Å². The first-order valence-electron chi connectivity index (χ1n) is 7.41. The fourth-order valence-electron chi connectivity index (χ4n) is 2.39. The number of carbonyl (C=O) groups excluding carboxylic acids is 1. The molecule has 0 unspecified atom stereocenters. The van der Waals surface area contributed by atoms with Crippen LogP contribution in [0, 0.1) is 5.82 Å². The lowest BCUT2D eigenvalue weighted by molar-refractivity contribution is -0.142. The highest BCUT2D eigenvalue weighted by molar-refractivity contribution is 9.10. The maximum absolute atomic E-state index is 13.9. The molecular formula is C16H19BrFNO5. The summed E-state index contributed by atoms with van der Waals surface area (Å²) in [4.78, 5) is 24.7. The molecule has 1 amide bonds. The number of carboxylic acid groups (broad SMARTS) is 1. The standard InChI is InChI=1S/C16H19BrFNO5/c1-16(2,3)24-15(22)19-8-10(7-12(19)14(20)21)23-13-5-4-9(17)6-11(13)18/h4-6,10,12H,7-8H2,1-3H3,(H,20,21)/t10-,12-/m0/s1. The second-order valence-corrected chi connectivity index (χ2v) is 7.45. The van der Waals surface area contributed by atoms with Gasteiger partial charge in [0, 0.05) is 10.9 Å². The molecule has 0 radical (unpaired) electrons. The summed E-state index contributed by atoms with van der Waals surface area (Å²) in [7, 11) is 0. The quantitative estimate of drug-likeness (QED) is 0.836. The third-order valence-corrected chi connectivity index (χ3v) is 3.86. The molecule has 1 aliphatic rings. The summed E-state index contributed by atoms with van der Waals surface area (Å²) < 4.78 is 25.2. The van der Waals surface area contributed by atoms with E-state index in [1.165, 1.54) is 12.1 Å². The molecule has 1 aromatic carbocycles. The first kappa shape index (κ1) is 18.5. The number of ether oxygens (including phenoxy) is 2. The SMILES string of the molecule is CC(C)(C)OC(=O)N1C[C@@H](Oc2ccc(Br)cc2F)C[C@H]1C(=O)O. The molecule has 8 heteroatoms. The van der Waals surface area contributed by atoms with Crippen molar-refractivity contribution in [1.82, 2.24) is 4.90 Å². The summed E-state index contributed by atoms with van der Waals surface area (Å²) in [6, 6.07) is 3.26. The van der Waals surface area contributed by atoms with Gasteiger partial charge in [-0.1, -0.05) is 15.9 Å². The second-order valence-electron chi connectivity index (χ2n) is 6.54. The van der Waals surface area contributed by atoms with Gasteiger partial charge in [0.2, 0.25) is 0 Å². The highest BCUT2D eigenvalue weighted by Gasteiger charge is 2.42. The smallest absolute Gasteiger partial charge is 0.411 e. The molecule has 132 valence electrons. The summed E-state index contributed by atoms with van der Waals surface area (Å²) in [5.74, 6) is -1.70. The minimum atomic E-state index is -1.15. The molecule has 1 saturated heterocycles. The van der Waals surface area contributed by atoms with Crippen LogP contribution in [0.15, 0.2) is 22.7 Å². The van der Waals surface area contributed by atoms with Crippen molar-refractivity contribution in [1.29, 1.82) is 0 Å². The van der Waals surface area contributed by atoms with Gasteiger partial charge in [-0.25, -0.2) is 14.0 Å². The molecule has 6 nitrogen and oxygen atoms in total. The zero-order chi connectivity index (χ0) is 18.1. The van der Waals surface area contributed by atoms with Crippen LogP contribution in [-0.4, -0.2) is 46.4 Å². The Kier molecular flexibility index (Phi) is 5.37. The minimum absolute atomic E-state index is 0.0124. The van der Waals surface area contributed by atoms with Crippen LogP contribution >= 0.6 is 15.9 Å². The predicted octanol–water partition coefficient (Wildman–Crippen LogP) is 3.43. The molecule has 24 heavy (non-hydrogen) atoms. The van der Waals surface area contributed by atoms with E-state index in [9.17, 15) is 19.1 Å². The summed E-state index contributed by atoms with van der Waals surface area (Å²) in [6.45, 7) is 5.10. The van der Waals surface area contributed by atoms with Gasteiger partial charge in [-0.15, -0.1) is 0 Å². The van der Waals surface area contributed by atoms with E-state index in [-0.39, 0.29) is 18.7 Å². The number of halogens is 2. The number of amides is 1. The maximum Gasteiger partial charge on any atom is 0.411 e. The monoisotopic (exact) mass is 403 g/mol. The average Bonchev–Trinajstić information content (AvgIpc) is 2.84. The van der Waals surface area contributed by atoms with Crippen molar-refractivity contribution in [3.63, 3.8) is 0 Å². The molecule has 0 spiro atoms. The van der Waals surface area contributed by atoms with Gasteiger partial charge < -0.3 is 14.6 Å². The van der Waals surface area contributed by atoms with Crippen LogP contribution in [0.5, 0.6) is 5.75 Å². The zero-order valence-corrected chi connectivity index (χ0v) is 15.2. The van der Waals surface area contributed by atoms with Crippen LogP contribution in [0.3, 0.4) is 0 Å². The lowest BCUT2D eigenvalue weighted by atomic mass is 10.2. The van der Waals surface area contributed by atoms with E-state index in [0.29, 0.717) is 4.47 Å².